The van der Waals surface area contributed by atoms with Gasteiger partial charge < -0.3 is 9.30 Å². The Balaban J connectivity index is 2.08. The summed E-state index contributed by atoms with van der Waals surface area (Å²) < 4.78 is 7.37. The first kappa shape index (κ1) is 15.7. The number of Topliss-reactive ketones (excluding diaryl/α,β-unsaturated/α-hetero) is 1. The summed E-state index contributed by atoms with van der Waals surface area (Å²) in [6.07, 6.45) is 0. The molecule has 1 aromatic carbocycles. The number of carbonyl (C=O) groups excluding carboxylic acids is 1. The van der Waals surface area contributed by atoms with Gasteiger partial charge in [0.1, 0.15) is 5.75 Å². The quantitative estimate of drug-likeness (QED) is 0.594. The van der Waals surface area contributed by atoms with Crippen molar-refractivity contribution in [3.63, 3.8) is 0 Å². The number of carbonyl (C=O) groups is 1. The summed E-state index contributed by atoms with van der Waals surface area (Å²) in [7, 11) is 1.65. The molecule has 0 aliphatic heterocycles. The fourth-order valence-electron chi connectivity index (χ4n) is 2.49. The van der Waals surface area contributed by atoms with E-state index >= 15 is 0 Å². The van der Waals surface area contributed by atoms with E-state index in [0.717, 1.165) is 34.1 Å². The molecule has 112 valence electrons. The normalized spacial score (nSPS) is 10.7. The summed E-state index contributed by atoms with van der Waals surface area (Å²) >= 11 is 1.55. The van der Waals surface area contributed by atoms with Gasteiger partial charge in [0.05, 0.1) is 12.9 Å². The van der Waals surface area contributed by atoms with Gasteiger partial charge in [-0.15, -0.1) is 11.8 Å². The number of methoxy groups -OCH3 is 1. The standard InChI is InChI=1S/C17H21NO2S/c1-5-18-12(2)9-16(13(18)3)17(19)11-21-15-8-6-7-14(10-15)20-4/h6-10H,5,11H2,1-4H3. The molecule has 0 saturated heterocycles. The van der Waals surface area contributed by atoms with E-state index in [2.05, 4.69) is 11.5 Å². The number of ether oxygens (including phenoxy) is 1. The van der Waals surface area contributed by atoms with Crippen LogP contribution in [0.3, 0.4) is 0 Å². The van der Waals surface area contributed by atoms with Gasteiger partial charge >= 0.3 is 0 Å². The van der Waals surface area contributed by atoms with Crippen molar-refractivity contribution in [2.24, 2.45) is 0 Å². The van der Waals surface area contributed by atoms with Crippen molar-refractivity contribution in [1.29, 1.82) is 0 Å². The van der Waals surface area contributed by atoms with Gasteiger partial charge in [0.25, 0.3) is 0 Å². The van der Waals surface area contributed by atoms with Crippen LogP contribution >= 0.6 is 11.8 Å². The first-order valence-electron chi connectivity index (χ1n) is 7.03. The number of benzene rings is 1. The minimum Gasteiger partial charge on any atom is -0.497 e. The Morgan fingerprint density at radius 2 is 2.05 bits per heavy atom. The summed E-state index contributed by atoms with van der Waals surface area (Å²) in [6.45, 7) is 7.05. The van der Waals surface area contributed by atoms with Gasteiger partial charge in [0, 0.05) is 28.4 Å². The van der Waals surface area contributed by atoms with E-state index < -0.39 is 0 Å². The molecule has 21 heavy (non-hydrogen) atoms. The first-order valence-corrected chi connectivity index (χ1v) is 8.02. The third-order valence-corrected chi connectivity index (χ3v) is 4.60. The Labute approximate surface area is 130 Å². The predicted molar refractivity (Wildman–Crippen MR) is 87.6 cm³/mol. The van der Waals surface area contributed by atoms with Gasteiger partial charge in [-0.3, -0.25) is 4.79 Å². The molecule has 0 N–H and O–H groups in total. The fraction of sp³-hybridized carbons (Fsp3) is 0.353. The SMILES string of the molecule is CCn1c(C)cc(C(=O)CSc2cccc(OC)c2)c1C. The predicted octanol–water partition coefficient (Wildman–Crippen LogP) is 4.11. The molecular weight excluding hydrogens is 282 g/mol. The van der Waals surface area contributed by atoms with Crippen LogP contribution in [0.15, 0.2) is 35.2 Å². The lowest BCUT2D eigenvalue weighted by molar-refractivity contribution is 0.102. The Bertz CT molecular complexity index is 646. The van der Waals surface area contributed by atoms with E-state index in [0.29, 0.717) is 5.75 Å². The highest BCUT2D eigenvalue weighted by atomic mass is 32.2. The molecule has 0 radical (unpaired) electrons. The number of rotatable bonds is 6. The van der Waals surface area contributed by atoms with Crippen molar-refractivity contribution in [2.45, 2.75) is 32.2 Å². The second-order valence-corrected chi connectivity index (χ2v) is 5.97. The second kappa shape index (κ2) is 6.85. The lowest BCUT2D eigenvalue weighted by atomic mass is 10.2. The summed E-state index contributed by atoms with van der Waals surface area (Å²) in [6, 6.07) is 9.78. The molecule has 0 saturated carbocycles. The van der Waals surface area contributed by atoms with Gasteiger partial charge in [0.2, 0.25) is 0 Å². The number of nitrogens with zero attached hydrogens (tertiary/aromatic N) is 1. The van der Waals surface area contributed by atoms with Crippen molar-refractivity contribution in [3.8, 4) is 5.75 Å². The number of aromatic nitrogens is 1. The molecule has 1 aromatic heterocycles. The van der Waals surface area contributed by atoms with Crippen molar-refractivity contribution < 1.29 is 9.53 Å². The van der Waals surface area contributed by atoms with Crippen molar-refractivity contribution in [3.05, 3.63) is 47.3 Å². The van der Waals surface area contributed by atoms with Gasteiger partial charge in [-0.05, 0) is 45.0 Å². The molecule has 2 rings (SSSR count). The van der Waals surface area contributed by atoms with Crippen molar-refractivity contribution in [1.82, 2.24) is 4.57 Å². The highest BCUT2D eigenvalue weighted by Crippen LogP contribution is 2.25. The minimum atomic E-state index is 0.176. The van der Waals surface area contributed by atoms with Crippen LogP contribution in [-0.4, -0.2) is 23.2 Å². The molecule has 0 fully saturated rings. The third kappa shape index (κ3) is 3.50. The van der Waals surface area contributed by atoms with Crippen LogP contribution in [0.5, 0.6) is 5.75 Å². The van der Waals surface area contributed by atoms with Crippen LogP contribution in [0.1, 0.15) is 28.7 Å². The van der Waals surface area contributed by atoms with E-state index in [1.165, 1.54) is 0 Å². The molecule has 0 spiro atoms. The molecule has 0 bridgehead atoms. The first-order chi connectivity index (χ1) is 10.1. The maximum absolute atomic E-state index is 12.4. The second-order valence-electron chi connectivity index (χ2n) is 4.92. The third-order valence-electron chi connectivity index (χ3n) is 3.60. The Morgan fingerprint density at radius 1 is 1.29 bits per heavy atom. The van der Waals surface area contributed by atoms with Gasteiger partial charge in [0.15, 0.2) is 5.78 Å². The van der Waals surface area contributed by atoms with E-state index in [1.54, 1.807) is 18.9 Å². The fourth-order valence-corrected chi connectivity index (χ4v) is 3.32. The molecule has 0 aliphatic carbocycles. The lowest BCUT2D eigenvalue weighted by Crippen LogP contribution is -2.05. The van der Waals surface area contributed by atoms with E-state index in [1.807, 2.05) is 44.2 Å². The largest absolute Gasteiger partial charge is 0.497 e. The highest BCUT2D eigenvalue weighted by Gasteiger charge is 2.15. The molecule has 3 nitrogen and oxygen atoms in total. The maximum atomic E-state index is 12.4. The van der Waals surface area contributed by atoms with E-state index in [-0.39, 0.29) is 5.78 Å². The zero-order chi connectivity index (χ0) is 15.4. The monoisotopic (exact) mass is 303 g/mol. The summed E-state index contributed by atoms with van der Waals surface area (Å²) in [4.78, 5) is 13.5. The van der Waals surface area contributed by atoms with Crippen molar-refractivity contribution in [2.75, 3.05) is 12.9 Å². The average molecular weight is 303 g/mol. The molecule has 1 heterocycles. The van der Waals surface area contributed by atoms with Gasteiger partial charge in [-0.25, -0.2) is 0 Å². The van der Waals surface area contributed by atoms with E-state index in [4.69, 9.17) is 4.74 Å². The van der Waals surface area contributed by atoms with E-state index in [9.17, 15) is 4.79 Å². The molecule has 4 heteroatoms. The highest BCUT2D eigenvalue weighted by molar-refractivity contribution is 8.00. The molecule has 0 unspecified atom stereocenters. The van der Waals surface area contributed by atoms with Gasteiger partial charge in [-0.1, -0.05) is 6.07 Å². The van der Waals surface area contributed by atoms with Crippen molar-refractivity contribution >= 4 is 17.5 Å². The van der Waals surface area contributed by atoms with Crippen LogP contribution in [0.2, 0.25) is 0 Å². The smallest absolute Gasteiger partial charge is 0.174 e. The summed E-state index contributed by atoms with van der Waals surface area (Å²) in [5.41, 5.74) is 3.04. The molecule has 0 amide bonds. The Hall–Kier alpha value is -1.68. The number of hydrogen-bond acceptors (Lipinski definition) is 3. The molecular formula is C17H21NO2S. The van der Waals surface area contributed by atoms with Crippen LogP contribution in [0.25, 0.3) is 0 Å². The molecule has 0 atom stereocenters. The number of ketones is 1. The minimum absolute atomic E-state index is 0.176. The maximum Gasteiger partial charge on any atom is 0.174 e. The van der Waals surface area contributed by atoms with Gasteiger partial charge in [-0.2, -0.15) is 0 Å². The Morgan fingerprint density at radius 3 is 2.67 bits per heavy atom. The topological polar surface area (TPSA) is 31.2 Å². The van der Waals surface area contributed by atoms with Crippen LogP contribution in [0, 0.1) is 13.8 Å². The zero-order valence-electron chi connectivity index (χ0n) is 13.0. The van der Waals surface area contributed by atoms with Crippen LogP contribution in [0.4, 0.5) is 0 Å². The number of thioether (sulfide) groups is 1. The summed E-state index contributed by atoms with van der Waals surface area (Å²) in [5.74, 6) is 1.44. The molecule has 2 aromatic rings. The summed E-state index contributed by atoms with van der Waals surface area (Å²) in [5, 5.41) is 0. The Kier molecular flexibility index (Phi) is 5.12. The average Bonchev–Trinajstić information content (AvgIpc) is 2.79. The number of aryl methyl sites for hydroxylation is 1. The zero-order valence-corrected chi connectivity index (χ0v) is 13.8. The lowest BCUT2D eigenvalue weighted by Gasteiger charge is -2.06. The molecule has 0 aliphatic rings. The number of hydrogen-bond donors (Lipinski definition) is 0. The van der Waals surface area contributed by atoms with Crippen LogP contribution < -0.4 is 4.74 Å². The van der Waals surface area contributed by atoms with Crippen LogP contribution in [-0.2, 0) is 6.54 Å².